The summed E-state index contributed by atoms with van der Waals surface area (Å²) in [4.78, 5) is 8.38. The van der Waals surface area contributed by atoms with E-state index in [2.05, 4.69) is 30.7 Å². The summed E-state index contributed by atoms with van der Waals surface area (Å²) in [5.41, 5.74) is 1.19. The predicted molar refractivity (Wildman–Crippen MR) is 57.6 cm³/mol. The third kappa shape index (κ3) is 1.57. The van der Waals surface area contributed by atoms with E-state index in [0.717, 1.165) is 0 Å². The molecular formula is C10H16N2S. The number of aromatic nitrogens is 1. The molecule has 13 heavy (non-hydrogen) atoms. The Morgan fingerprint density at radius 3 is 2.69 bits per heavy atom. The fraction of sp³-hybridized carbons (Fsp3) is 0.700. The van der Waals surface area contributed by atoms with Gasteiger partial charge in [0.15, 0.2) is 5.13 Å². The Morgan fingerprint density at radius 1 is 1.46 bits per heavy atom. The van der Waals surface area contributed by atoms with E-state index >= 15 is 0 Å². The van der Waals surface area contributed by atoms with Gasteiger partial charge in [0.25, 0.3) is 0 Å². The van der Waals surface area contributed by atoms with Crippen molar-refractivity contribution in [3.63, 3.8) is 0 Å². The summed E-state index contributed by atoms with van der Waals surface area (Å²) in [6.07, 6.45) is 2.64. The number of thiazole rings is 1. The molecular weight excluding hydrogens is 180 g/mol. The summed E-state index contributed by atoms with van der Waals surface area (Å²) in [7, 11) is 0. The second-order valence-corrected chi connectivity index (χ2v) is 5.00. The molecule has 1 aliphatic heterocycles. The maximum absolute atomic E-state index is 4.59. The number of aryl methyl sites for hydroxylation is 2. The second kappa shape index (κ2) is 3.29. The highest BCUT2D eigenvalue weighted by Gasteiger charge is 2.23. The van der Waals surface area contributed by atoms with Gasteiger partial charge in [-0.15, -0.1) is 11.3 Å². The van der Waals surface area contributed by atoms with Crippen LogP contribution < -0.4 is 4.90 Å². The van der Waals surface area contributed by atoms with Crippen molar-refractivity contribution in [2.45, 2.75) is 39.7 Å². The van der Waals surface area contributed by atoms with E-state index in [-0.39, 0.29) is 0 Å². The highest BCUT2D eigenvalue weighted by Crippen LogP contribution is 2.30. The smallest absolute Gasteiger partial charge is 0.185 e. The van der Waals surface area contributed by atoms with Gasteiger partial charge in [0.1, 0.15) is 0 Å². The predicted octanol–water partition coefficient (Wildman–Crippen LogP) is 2.75. The van der Waals surface area contributed by atoms with E-state index in [1.54, 1.807) is 0 Å². The highest BCUT2D eigenvalue weighted by atomic mass is 32.1. The minimum Gasteiger partial charge on any atom is -0.345 e. The maximum Gasteiger partial charge on any atom is 0.185 e. The van der Waals surface area contributed by atoms with Gasteiger partial charge in [-0.3, -0.25) is 0 Å². The standard InChI is InChI=1S/C10H16N2S/c1-7-5-4-6-12(7)10-11-8(2)9(3)13-10/h7H,4-6H2,1-3H3. The van der Waals surface area contributed by atoms with Crippen LogP contribution in [0, 0.1) is 13.8 Å². The lowest BCUT2D eigenvalue weighted by Gasteiger charge is -2.19. The van der Waals surface area contributed by atoms with E-state index in [4.69, 9.17) is 0 Å². The molecule has 0 amide bonds. The molecule has 1 atom stereocenters. The van der Waals surface area contributed by atoms with Gasteiger partial charge < -0.3 is 4.90 Å². The molecule has 0 radical (unpaired) electrons. The van der Waals surface area contributed by atoms with Gasteiger partial charge in [-0.05, 0) is 33.6 Å². The number of anilines is 1. The summed E-state index contributed by atoms with van der Waals surface area (Å²) in [6, 6.07) is 0.685. The second-order valence-electron chi connectivity index (χ2n) is 3.82. The monoisotopic (exact) mass is 196 g/mol. The molecule has 1 unspecified atom stereocenters. The van der Waals surface area contributed by atoms with Gasteiger partial charge in [-0.25, -0.2) is 4.98 Å². The average molecular weight is 196 g/mol. The number of hydrogen-bond acceptors (Lipinski definition) is 3. The van der Waals surface area contributed by atoms with Crippen LogP contribution in [0.4, 0.5) is 5.13 Å². The van der Waals surface area contributed by atoms with E-state index < -0.39 is 0 Å². The first kappa shape index (κ1) is 9.00. The summed E-state index contributed by atoms with van der Waals surface area (Å²) in [5.74, 6) is 0. The Morgan fingerprint density at radius 2 is 2.23 bits per heavy atom. The zero-order chi connectivity index (χ0) is 9.42. The van der Waals surface area contributed by atoms with Gasteiger partial charge >= 0.3 is 0 Å². The van der Waals surface area contributed by atoms with Crippen LogP contribution in [0.25, 0.3) is 0 Å². The molecule has 0 saturated carbocycles. The Hall–Kier alpha value is -0.570. The van der Waals surface area contributed by atoms with E-state index in [1.165, 1.54) is 35.1 Å². The molecule has 0 aliphatic carbocycles. The molecule has 2 nitrogen and oxygen atoms in total. The van der Waals surface area contributed by atoms with Gasteiger partial charge in [0, 0.05) is 17.5 Å². The lowest BCUT2D eigenvalue weighted by atomic mass is 10.2. The minimum absolute atomic E-state index is 0.685. The Labute approximate surface area is 83.6 Å². The van der Waals surface area contributed by atoms with Crippen molar-refractivity contribution >= 4 is 16.5 Å². The van der Waals surface area contributed by atoms with Crippen molar-refractivity contribution in [1.82, 2.24) is 4.98 Å². The molecule has 1 aliphatic rings. The number of rotatable bonds is 1. The molecule has 1 aromatic rings. The molecule has 1 aromatic heterocycles. The molecule has 72 valence electrons. The Balaban J connectivity index is 2.24. The Kier molecular flexibility index (Phi) is 2.28. The van der Waals surface area contributed by atoms with Gasteiger partial charge in [0.2, 0.25) is 0 Å². The van der Waals surface area contributed by atoms with Crippen molar-refractivity contribution in [3.05, 3.63) is 10.6 Å². The molecule has 3 heteroatoms. The van der Waals surface area contributed by atoms with Crippen molar-refractivity contribution in [2.75, 3.05) is 11.4 Å². The highest BCUT2D eigenvalue weighted by molar-refractivity contribution is 7.15. The zero-order valence-electron chi connectivity index (χ0n) is 8.50. The molecule has 0 aromatic carbocycles. The molecule has 0 bridgehead atoms. The topological polar surface area (TPSA) is 16.1 Å². The van der Waals surface area contributed by atoms with E-state index in [0.29, 0.717) is 6.04 Å². The van der Waals surface area contributed by atoms with E-state index in [1.807, 2.05) is 11.3 Å². The molecule has 0 N–H and O–H groups in total. The average Bonchev–Trinajstić information content (AvgIpc) is 2.60. The summed E-state index contributed by atoms with van der Waals surface area (Å²) in [6.45, 7) is 7.72. The van der Waals surface area contributed by atoms with Crippen molar-refractivity contribution in [1.29, 1.82) is 0 Å². The van der Waals surface area contributed by atoms with Crippen molar-refractivity contribution in [2.24, 2.45) is 0 Å². The van der Waals surface area contributed by atoms with Crippen LogP contribution in [0.5, 0.6) is 0 Å². The first-order chi connectivity index (χ1) is 6.18. The first-order valence-corrected chi connectivity index (χ1v) is 5.71. The fourth-order valence-corrected chi connectivity index (χ4v) is 2.83. The third-order valence-electron chi connectivity index (χ3n) is 2.82. The molecule has 1 saturated heterocycles. The first-order valence-electron chi connectivity index (χ1n) is 4.89. The largest absolute Gasteiger partial charge is 0.345 e. The minimum atomic E-state index is 0.685. The number of hydrogen-bond donors (Lipinski definition) is 0. The third-order valence-corrected chi connectivity index (χ3v) is 3.93. The normalized spacial score (nSPS) is 22.7. The Bertz CT molecular complexity index is 286. The van der Waals surface area contributed by atoms with Crippen LogP contribution in [0.3, 0.4) is 0 Å². The number of nitrogens with zero attached hydrogens (tertiary/aromatic N) is 2. The lowest BCUT2D eigenvalue weighted by molar-refractivity contribution is 0.732. The van der Waals surface area contributed by atoms with Crippen LogP contribution in [-0.2, 0) is 0 Å². The van der Waals surface area contributed by atoms with Gasteiger partial charge in [0.05, 0.1) is 5.69 Å². The van der Waals surface area contributed by atoms with Gasteiger partial charge in [-0.2, -0.15) is 0 Å². The van der Waals surface area contributed by atoms with Crippen LogP contribution >= 0.6 is 11.3 Å². The summed E-state index contributed by atoms with van der Waals surface area (Å²) in [5, 5.41) is 1.22. The van der Waals surface area contributed by atoms with Crippen LogP contribution in [-0.4, -0.2) is 17.6 Å². The molecule has 2 heterocycles. The summed E-state index contributed by atoms with van der Waals surface area (Å²) >= 11 is 1.83. The molecule has 0 spiro atoms. The van der Waals surface area contributed by atoms with Gasteiger partial charge in [-0.1, -0.05) is 0 Å². The quantitative estimate of drug-likeness (QED) is 0.686. The summed E-state index contributed by atoms with van der Waals surface area (Å²) < 4.78 is 0. The van der Waals surface area contributed by atoms with Crippen LogP contribution in [0.2, 0.25) is 0 Å². The van der Waals surface area contributed by atoms with Crippen molar-refractivity contribution in [3.8, 4) is 0 Å². The zero-order valence-corrected chi connectivity index (χ0v) is 9.32. The SMILES string of the molecule is Cc1nc(N2CCCC2C)sc1C. The van der Waals surface area contributed by atoms with Crippen LogP contribution in [0.15, 0.2) is 0 Å². The lowest BCUT2D eigenvalue weighted by Crippen LogP contribution is -2.25. The van der Waals surface area contributed by atoms with Crippen molar-refractivity contribution < 1.29 is 0 Å². The molecule has 1 fully saturated rings. The van der Waals surface area contributed by atoms with Crippen LogP contribution in [0.1, 0.15) is 30.3 Å². The fourth-order valence-electron chi connectivity index (χ4n) is 1.80. The maximum atomic E-state index is 4.59. The molecule has 2 rings (SSSR count). The van der Waals surface area contributed by atoms with E-state index in [9.17, 15) is 0 Å².